The van der Waals surface area contributed by atoms with Crippen LogP contribution in [0.2, 0.25) is 5.02 Å². The first-order valence-corrected chi connectivity index (χ1v) is 7.92. The molecule has 2 heterocycles. The van der Waals surface area contributed by atoms with Crippen LogP contribution in [0.4, 0.5) is 11.5 Å². The highest BCUT2D eigenvalue weighted by molar-refractivity contribution is 6.31. The number of nitrogens with one attached hydrogen (secondary N) is 1. The van der Waals surface area contributed by atoms with Gasteiger partial charge in [0.1, 0.15) is 5.82 Å². The van der Waals surface area contributed by atoms with Crippen molar-refractivity contribution in [1.82, 2.24) is 9.97 Å². The van der Waals surface area contributed by atoms with Gasteiger partial charge in [0.25, 0.3) is 0 Å². The molecule has 4 rings (SSSR count). The molecule has 0 saturated heterocycles. The molecule has 2 aromatic heterocycles. The standard InChI is InChI=1S/C19H14ClN3O/c1-12-8-9-13(11-15(12)20)21-18-14-5-2-3-6-16(14)22-19(23-18)17-7-4-10-24-17/h2-11H,1H3,(H,21,22,23). The Labute approximate surface area is 144 Å². The SMILES string of the molecule is Cc1ccc(Nc2nc(-c3ccco3)nc3ccccc23)cc1Cl. The van der Waals surface area contributed by atoms with Gasteiger partial charge in [-0.25, -0.2) is 9.97 Å². The number of halogens is 1. The molecule has 4 nitrogen and oxygen atoms in total. The molecular weight excluding hydrogens is 322 g/mol. The van der Waals surface area contributed by atoms with Gasteiger partial charge in [0.05, 0.1) is 11.8 Å². The van der Waals surface area contributed by atoms with Crippen LogP contribution in [0.25, 0.3) is 22.5 Å². The Hall–Kier alpha value is -2.85. The quantitative estimate of drug-likeness (QED) is 0.529. The van der Waals surface area contributed by atoms with Gasteiger partial charge in [-0.05, 0) is 48.9 Å². The zero-order valence-electron chi connectivity index (χ0n) is 13.0. The summed E-state index contributed by atoms with van der Waals surface area (Å²) in [7, 11) is 0. The first-order chi connectivity index (χ1) is 11.7. The van der Waals surface area contributed by atoms with Crippen molar-refractivity contribution in [3.8, 4) is 11.6 Å². The average molecular weight is 336 g/mol. The summed E-state index contributed by atoms with van der Waals surface area (Å²) in [6, 6.07) is 17.4. The fourth-order valence-corrected chi connectivity index (χ4v) is 2.68. The Morgan fingerprint density at radius 1 is 1.00 bits per heavy atom. The predicted octanol–water partition coefficient (Wildman–Crippen LogP) is 5.60. The summed E-state index contributed by atoms with van der Waals surface area (Å²) in [6.07, 6.45) is 1.61. The Kier molecular flexibility index (Phi) is 3.67. The molecule has 0 saturated carbocycles. The smallest absolute Gasteiger partial charge is 0.198 e. The molecule has 2 aromatic carbocycles. The van der Waals surface area contributed by atoms with Gasteiger partial charge in [0, 0.05) is 16.1 Å². The molecule has 0 fully saturated rings. The van der Waals surface area contributed by atoms with Crippen molar-refractivity contribution in [3.05, 3.63) is 71.4 Å². The van der Waals surface area contributed by atoms with E-state index in [1.54, 1.807) is 6.26 Å². The minimum absolute atomic E-state index is 0.541. The van der Waals surface area contributed by atoms with Gasteiger partial charge in [0.2, 0.25) is 0 Å². The van der Waals surface area contributed by atoms with E-state index in [1.807, 2.05) is 61.5 Å². The number of fused-ring (bicyclic) bond motifs is 1. The maximum Gasteiger partial charge on any atom is 0.198 e. The number of aromatic nitrogens is 2. The Bertz CT molecular complexity index is 1010. The second-order valence-corrected chi connectivity index (χ2v) is 5.89. The summed E-state index contributed by atoms with van der Waals surface area (Å²) in [5.41, 5.74) is 2.76. The van der Waals surface area contributed by atoms with E-state index in [0.717, 1.165) is 22.2 Å². The highest BCUT2D eigenvalue weighted by Gasteiger charge is 2.11. The molecule has 0 aliphatic rings. The third-order valence-electron chi connectivity index (χ3n) is 3.78. The van der Waals surface area contributed by atoms with Gasteiger partial charge >= 0.3 is 0 Å². The summed E-state index contributed by atoms with van der Waals surface area (Å²) in [5, 5.41) is 4.99. The molecule has 4 aromatic rings. The lowest BCUT2D eigenvalue weighted by atomic mass is 10.2. The third kappa shape index (κ3) is 2.72. The topological polar surface area (TPSA) is 51.0 Å². The van der Waals surface area contributed by atoms with Crippen LogP contribution >= 0.6 is 11.6 Å². The number of hydrogen-bond donors (Lipinski definition) is 1. The fourth-order valence-electron chi connectivity index (χ4n) is 2.50. The van der Waals surface area contributed by atoms with Crippen molar-refractivity contribution in [3.63, 3.8) is 0 Å². The number of rotatable bonds is 3. The number of nitrogens with zero attached hydrogens (tertiary/aromatic N) is 2. The van der Waals surface area contributed by atoms with Crippen molar-refractivity contribution >= 4 is 34.0 Å². The van der Waals surface area contributed by atoms with Gasteiger partial charge in [-0.1, -0.05) is 29.8 Å². The molecular formula is C19H14ClN3O. The van der Waals surface area contributed by atoms with Gasteiger partial charge < -0.3 is 9.73 Å². The molecule has 1 N–H and O–H groups in total. The fraction of sp³-hybridized carbons (Fsp3) is 0.0526. The lowest BCUT2D eigenvalue weighted by Gasteiger charge is -2.11. The second-order valence-electron chi connectivity index (χ2n) is 5.48. The Balaban J connectivity index is 1.85. The number of benzene rings is 2. The van der Waals surface area contributed by atoms with Gasteiger partial charge in [-0.15, -0.1) is 0 Å². The zero-order chi connectivity index (χ0) is 16.5. The van der Waals surface area contributed by atoms with E-state index in [2.05, 4.69) is 15.3 Å². The molecule has 118 valence electrons. The zero-order valence-corrected chi connectivity index (χ0v) is 13.7. The lowest BCUT2D eigenvalue weighted by molar-refractivity contribution is 0.577. The summed E-state index contributed by atoms with van der Waals surface area (Å²) in [5.74, 6) is 1.89. The molecule has 0 atom stereocenters. The van der Waals surface area contributed by atoms with Gasteiger partial charge in [0.15, 0.2) is 11.6 Å². The van der Waals surface area contributed by atoms with Gasteiger partial charge in [-0.3, -0.25) is 0 Å². The van der Waals surface area contributed by atoms with Crippen LogP contribution in [0.3, 0.4) is 0 Å². The van der Waals surface area contributed by atoms with Crippen LogP contribution in [0.5, 0.6) is 0 Å². The number of hydrogen-bond acceptors (Lipinski definition) is 4. The summed E-state index contributed by atoms with van der Waals surface area (Å²) in [4.78, 5) is 9.21. The van der Waals surface area contributed by atoms with Crippen molar-refractivity contribution in [2.45, 2.75) is 6.92 Å². The first-order valence-electron chi connectivity index (χ1n) is 7.54. The minimum Gasteiger partial charge on any atom is -0.461 e. The van der Waals surface area contributed by atoms with Crippen molar-refractivity contribution in [1.29, 1.82) is 0 Å². The third-order valence-corrected chi connectivity index (χ3v) is 4.19. The van der Waals surface area contributed by atoms with Crippen LogP contribution in [0.1, 0.15) is 5.56 Å². The van der Waals surface area contributed by atoms with E-state index in [0.29, 0.717) is 22.4 Å². The normalized spacial score (nSPS) is 10.9. The molecule has 0 amide bonds. The maximum absolute atomic E-state index is 6.22. The van der Waals surface area contributed by atoms with E-state index in [4.69, 9.17) is 16.0 Å². The van der Waals surface area contributed by atoms with Crippen LogP contribution in [-0.2, 0) is 0 Å². The number of para-hydroxylation sites is 1. The van der Waals surface area contributed by atoms with E-state index in [-0.39, 0.29) is 0 Å². The molecule has 0 bridgehead atoms. The van der Waals surface area contributed by atoms with E-state index in [1.165, 1.54) is 0 Å². The molecule has 0 aliphatic heterocycles. The van der Waals surface area contributed by atoms with Crippen LogP contribution < -0.4 is 5.32 Å². The Morgan fingerprint density at radius 2 is 1.88 bits per heavy atom. The molecule has 5 heteroatoms. The highest BCUT2D eigenvalue weighted by Crippen LogP contribution is 2.29. The molecule has 0 unspecified atom stereocenters. The summed E-state index contributed by atoms with van der Waals surface area (Å²) < 4.78 is 5.43. The van der Waals surface area contributed by atoms with E-state index >= 15 is 0 Å². The van der Waals surface area contributed by atoms with E-state index in [9.17, 15) is 0 Å². The first kappa shape index (κ1) is 14.7. The lowest BCUT2D eigenvalue weighted by Crippen LogP contribution is -1.99. The number of aryl methyl sites for hydroxylation is 1. The molecule has 0 aliphatic carbocycles. The molecule has 0 spiro atoms. The highest BCUT2D eigenvalue weighted by atomic mass is 35.5. The average Bonchev–Trinajstić information content (AvgIpc) is 3.13. The maximum atomic E-state index is 6.22. The summed E-state index contributed by atoms with van der Waals surface area (Å²) in [6.45, 7) is 1.97. The summed E-state index contributed by atoms with van der Waals surface area (Å²) >= 11 is 6.22. The van der Waals surface area contributed by atoms with Crippen molar-refractivity contribution in [2.75, 3.05) is 5.32 Å². The number of furan rings is 1. The van der Waals surface area contributed by atoms with Gasteiger partial charge in [-0.2, -0.15) is 0 Å². The second kappa shape index (κ2) is 5.98. The minimum atomic E-state index is 0.541. The van der Waals surface area contributed by atoms with Crippen molar-refractivity contribution in [2.24, 2.45) is 0 Å². The molecule has 0 radical (unpaired) electrons. The van der Waals surface area contributed by atoms with E-state index < -0.39 is 0 Å². The molecule has 24 heavy (non-hydrogen) atoms. The largest absolute Gasteiger partial charge is 0.461 e. The Morgan fingerprint density at radius 3 is 2.67 bits per heavy atom. The van der Waals surface area contributed by atoms with Crippen LogP contribution in [0.15, 0.2) is 65.3 Å². The monoisotopic (exact) mass is 335 g/mol. The number of anilines is 2. The predicted molar refractivity (Wildman–Crippen MR) is 96.7 cm³/mol. The van der Waals surface area contributed by atoms with Crippen LogP contribution in [-0.4, -0.2) is 9.97 Å². The van der Waals surface area contributed by atoms with Crippen molar-refractivity contribution < 1.29 is 4.42 Å². The van der Waals surface area contributed by atoms with Crippen LogP contribution in [0, 0.1) is 6.92 Å².